The third-order valence-corrected chi connectivity index (χ3v) is 7.50. The number of carbonyl (C=O) groups is 1. The molecule has 3 rings (SSSR count). The van der Waals surface area contributed by atoms with Gasteiger partial charge in [0.1, 0.15) is 9.96 Å². The largest absolute Gasteiger partial charge is 0.549 e. The highest BCUT2D eigenvalue weighted by molar-refractivity contribution is 8.00. The van der Waals surface area contributed by atoms with Crippen molar-refractivity contribution in [2.75, 3.05) is 4.72 Å². The molecule has 0 bridgehead atoms. The van der Waals surface area contributed by atoms with Crippen molar-refractivity contribution in [2.45, 2.75) is 21.3 Å². The Balaban J connectivity index is 2.12. The molecule has 0 saturated carbocycles. The van der Waals surface area contributed by atoms with E-state index in [0.717, 1.165) is 23.1 Å². The first-order valence-corrected chi connectivity index (χ1v) is 10.7. The molecule has 9 heteroatoms. The molecule has 0 fully saturated rings. The molecule has 1 heterocycles. The Morgan fingerprint density at radius 1 is 1.23 bits per heavy atom. The fraction of sp³-hybridized carbons (Fsp3) is 0.118. The summed E-state index contributed by atoms with van der Waals surface area (Å²) in [6.07, 6.45) is 0. The van der Waals surface area contributed by atoms with Crippen molar-refractivity contribution in [1.82, 2.24) is 0 Å². The zero-order valence-electron chi connectivity index (χ0n) is 13.5. The first-order valence-electron chi connectivity index (χ1n) is 7.48. The minimum atomic E-state index is -3.79. The van der Waals surface area contributed by atoms with Crippen molar-refractivity contribution in [3.8, 4) is 5.75 Å². The summed E-state index contributed by atoms with van der Waals surface area (Å²) in [5, 5.41) is 23.2. The zero-order valence-corrected chi connectivity index (χ0v) is 16.0. The summed E-state index contributed by atoms with van der Waals surface area (Å²) in [7, 11) is -3.79. The fourth-order valence-corrected chi connectivity index (χ4v) is 5.31. The predicted octanol–water partition coefficient (Wildman–Crippen LogP) is 2.64. The molecule has 6 nitrogen and oxygen atoms in total. The van der Waals surface area contributed by atoms with Crippen LogP contribution < -0.4 is 9.83 Å². The normalized spacial score (nSPS) is 12.8. The summed E-state index contributed by atoms with van der Waals surface area (Å²) in [6, 6.07) is 11.3. The lowest BCUT2D eigenvalue weighted by Crippen LogP contribution is -2.31. The van der Waals surface area contributed by atoms with Gasteiger partial charge >= 0.3 is 0 Å². The Hall–Kier alpha value is -2.23. The van der Waals surface area contributed by atoms with E-state index in [0.29, 0.717) is 10.8 Å². The molecule has 0 radical (unpaired) electrons. The Morgan fingerprint density at radius 3 is 2.54 bits per heavy atom. The third kappa shape index (κ3) is 3.64. The highest BCUT2D eigenvalue weighted by atomic mass is 32.2. The molecular weight excluding hydrogens is 394 g/mol. The maximum absolute atomic E-state index is 12.6. The molecule has 1 aromatic heterocycles. The van der Waals surface area contributed by atoms with E-state index in [-0.39, 0.29) is 20.5 Å². The lowest BCUT2D eigenvalue weighted by atomic mass is 10.1. The number of phenols is 1. The molecule has 0 spiro atoms. The Kier molecular flexibility index (Phi) is 5.12. The van der Waals surface area contributed by atoms with E-state index in [2.05, 4.69) is 4.72 Å². The molecule has 0 aliphatic heterocycles. The highest BCUT2D eigenvalue weighted by Gasteiger charge is 2.20. The van der Waals surface area contributed by atoms with E-state index < -0.39 is 21.2 Å². The van der Waals surface area contributed by atoms with Gasteiger partial charge in [-0.25, -0.2) is 8.42 Å². The Bertz CT molecular complexity index is 1060. The van der Waals surface area contributed by atoms with Gasteiger partial charge < -0.3 is 15.0 Å². The quantitative estimate of drug-likeness (QED) is 0.480. The number of hydrogen-bond acceptors (Lipinski definition) is 7. The van der Waals surface area contributed by atoms with Crippen molar-refractivity contribution in [2.24, 2.45) is 0 Å². The van der Waals surface area contributed by atoms with Crippen LogP contribution in [0.2, 0.25) is 0 Å². The molecule has 0 unspecified atom stereocenters. The first kappa shape index (κ1) is 18.6. The molecule has 3 aromatic rings. The number of thiophene rings is 1. The molecule has 2 aromatic carbocycles. The van der Waals surface area contributed by atoms with Crippen LogP contribution in [0.25, 0.3) is 10.8 Å². The molecule has 1 atom stereocenters. The van der Waals surface area contributed by atoms with E-state index in [4.69, 9.17) is 0 Å². The lowest BCUT2D eigenvalue weighted by Gasteiger charge is -2.17. The van der Waals surface area contributed by atoms with Crippen LogP contribution in [0.1, 0.15) is 6.92 Å². The van der Waals surface area contributed by atoms with Crippen molar-refractivity contribution in [1.29, 1.82) is 0 Å². The van der Waals surface area contributed by atoms with Gasteiger partial charge in [-0.15, -0.1) is 23.1 Å². The molecule has 0 saturated heterocycles. The number of carbonyl (C=O) groups excluding carboxylic acids is 1. The van der Waals surface area contributed by atoms with Gasteiger partial charge in [0.25, 0.3) is 10.0 Å². The smallest absolute Gasteiger partial charge is 0.271 e. The van der Waals surface area contributed by atoms with Crippen LogP contribution in [-0.4, -0.2) is 24.7 Å². The van der Waals surface area contributed by atoms with Gasteiger partial charge in [0.2, 0.25) is 0 Å². The van der Waals surface area contributed by atoms with E-state index in [1.54, 1.807) is 35.7 Å². The molecule has 2 N–H and O–H groups in total. The number of benzene rings is 2. The predicted molar refractivity (Wildman–Crippen MR) is 101 cm³/mol. The number of phenolic OH excluding ortho intramolecular Hbond substituents is 1. The SMILES string of the molecule is C[C@H](Sc1cc(NS(=O)(=O)c2cccs2)c2ccccc2c1O)C(=O)[O-]. The first-order chi connectivity index (χ1) is 12.3. The number of aromatic hydroxyl groups is 1. The number of sulfonamides is 1. The van der Waals surface area contributed by atoms with E-state index in [1.165, 1.54) is 19.1 Å². The van der Waals surface area contributed by atoms with Gasteiger partial charge in [-0.1, -0.05) is 30.3 Å². The van der Waals surface area contributed by atoms with Crippen LogP contribution in [-0.2, 0) is 14.8 Å². The lowest BCUT2D eigenvalue weighted by molar-refractivity contribution is -0.304. The summed E-state index contributed by atoms with van der Waals surface area (Å²) in [5.41, 5.74) is 0.264. The highest BCUT2D eigenvalue weighted by Crippen LogP contribution is 2.41. The van der Waals surface area contributed by atoms with Crippen LogP contribution in [0, 0.1) is 0 Å². The number of nitrogens with one attached hydrogen (secondary N) is 1. The molecule has 0 aliphatic carbocycles. The zero-order chi connectivity index (χ0) is 18.9. The average molecular weight is 409 g/mol. The maximum atomic E-state index is 12.6. The van der Waals surface area contributed by atoms with Gasteiger partial charge in [0, 0.05) is 16.0 Å². The van der Waals surface area contributed by atoms with Gasteiger partial charge in [-0.3, -0.25) is 4.72 Å². The second kappa shape index (κ2) is 7.18. The van der Waals surface area contributed by atoms with Crippen LogP contribution in [0.15, 0.2) is 56.9 Å². The topological polar surface area (TPSA) is 107 Å². The molecule has 0 aliphatic rings. The summed E-state index contributed by atoms with van der Waals surface area (Å²) in [4.78, 5) is 11.3. The van der Waals surface area contributed by atoms with Crippen LogP contribution >= 0.6 is 23.1 Å². The molecule has 26 heavy (non-hydrogen) atoms. The van der Waals surface area contributed by atoms with Crippen molar-refractivity contribution in [3.63, 3.8) is 0 Å². The Labute approximate surface area is 158 Å². The minimum absolute atomic E-state index is 0.0993. The Morgan fingerprint density at radius 2 is 1.92 bits per heavy atom. The number of anilines is 1. The third-order valence-electron chi connectivity index (χ3n) is 3.62. The van der Waals surface area contributed by atoms with Crippen LogP contribution in [0.5, 0.6) is 5.75 Å². The summed E-state index contributed by atoms with van der Waals surface area (Å²) in [5.74, 6) is -1.37. The van der Waals surface area contributed by atoms with Crippen molar-refractivity contribution in [3.05, 3.63) is 47.8 Å². The minimum Gasteiger partial charge on any atom is -0.549 e. The monoisotopic (exact) mass is 408 g/mol. The van der Waals surface area contributed by atoms with E-state index in [1.807, 2.05) is 0 Å². The van der Waals surface area contributed by atoms with E-state index in [9.17, 15) is 23.4 Å². The maximum Gasteiger partial charge on any atom is 0.271 e. The number of fused-ring (bicyclic) bond motifs is 1. The van der Waals surface area contributed by atoms with E-state index >= 15 is 0 Å². The number of carboxylic acid groups (broad SMARTS) is 1. The van der Waals surface area contributed by atoms with Crippen LogP contribution in [0.4, 0.5) is 5.69 Å². The van der Waals surface area contributed by atoms with Crippen LogP contribution in [0.3, 0.4) is 0 Å². The molecule has 0 amide bonds. The molecular formula is C17H14NO5S3-. The second-order valence-electron chi connectivity index (χ2n) is 5.43. The van der Waals surface area contributed by atoms with Crippen molar-refractivity contribution >= 4 is 55.6 Å². The molecule has 136 valence electrons. The number of aliphatic carboxylic acids is 1. The standard InChI is InChI=1S/C17H15NO5S3/c1-10(17(20)21)25-14-9-13(11-5-2-3-6-12(11)16(14)19)18-26(22,23)15-7-4-8-24-15/h2-10,18-19H,1H3,(H,20,21)/p-1/t10-/m0/s1. The van der Waals surface area contributed by atoms with Crippen molar-refractivity contribution < 1.29 is 23.4 Å². The summed E-state index contributed by atoms with van der Waals surface area (Å²) >= 11 is 1.97. The van der Waals surface area contributed by atoms with Gasteiger partial charge in [-0.2, -0.15) is 0 Å². The van der Waals surface area contributed by atoms with Gasteiger partial charge in [-0.05, 0) is 24.4 Å². The van der Waals surface area contributed by atoms with Gasteiger partial charge in [0.05, 0.1) is 16.6 Å². The second-order valence-corrected chi connectivity index (χ2v) is 9.67. The average Bonchev–Trinajstić information content (AvgIpc) is 3.14. The summed E-state index contributed by atoms with van der Waals surface area (Å²) in [6.45, 7) is 1.43. The number of thioether (sulfide) groups is 1. The fourth-order valence-electron chi connectivity index (χ4n) is 2.36. The number of carboxylic acids is 1. The summed E-state index contributed by atoms with van der Waals surface area (Å²) < 4.78 is 27.8. The number of rotatable bonds is 6. The van der Waals surface area contributed by atoms with Gasteiger partial charge in [0.15, 0.2) is 0 Å². The number of hydrogen-bond donors (Lipinski definition) is 2.